The van der Waals surface area contributed by atoms with Crippen molar-refractivity contribution in [3.05, 3.63) is 48.5 Å². The molecule has 174 valence electrons. The van der Waals surface area contributed by atoms with Crippen molar-refractivity contribution in [3.63, 3.8) is 0 Å². The van der Waals surface area contributed by atoms with E-state index in [4.69, 9.17) is 24.2 Å². The number of aromatic nitrogens is 4. The van der Waals surface area contributed by atoms with Gasteiger partial charge in [-0.2, -0.15) is 15.0 Å². The number of benzene rings is 2. The molecule has 34 heavy (non-hydrogen) atoms. The van der Waals surface area contributed by atoms with E-state index in [-0.39, 0.29) is 6.01 Å². The summed E-state index contributed by atoms with van der Waals surface area (Å²) in [6.45, 7) is 5.57. The Hall–Kier alpha value is -3.34. The minimum atomic E-state index is 0.283. The molecule has 0 amide bonds. The third-order valence-corrected chi connectivity index (χ3v) is 6.87. The van der Waals surface area contributed by atoms with Gasteiger partial charge < -0.3 is 24.0 Å². The molecular formula is C24H24N6O3S. The molecule has 4 heterocycles. The lowest BCUT2D eigenvalue weighted by molar-refractivity contribution is 0.121. The molecule has 2 aromatic heterocycles. The number of morpholine rings is 2. The van der Waals surface area contributed by atoms with Crippen LogP contribution in [-0.2, 0) is 9.47 Å². The van der Waals surface area contributed by atoms with E-state index in [1.807, 2.05) is 42.5 Å². The maximum absolute atomic E-state index is 6.10. The lowest BCUT2D eigenvalue weighted by Gasteiger charge is -2.30. The van der Waals surface area contributed by atoms with Gasteiger partial charge in [0.2, 0.25) is 11.9 Å². The number of thiazole rings is 1. The molecule has 4 aromatic rings. The third-order valence-electron chi connectivity index (χ3n) is 5.78. The van der Waals surface area contributed by atoms with Crippen LogP contribution in [-0.4, -0.2) is 72.5 Å². The van der Waals surface area contributed by atoms with E-state index >= 15 is 0 Å². The largest absolute Gasteiger partial charge is 0.424 e. The van der Waals surface area contributed by atoms with E-state index in [0.717, 1.165) is 42.3 Å². The summed E-state index contributed by atoms with van der Waals surface area (Å²) in [7, 11) is 0. The zero-order chi connectivity index (χ0) is 22.7. The van der Waals surface area contributed by atoms with Crippen molar-refractivity contribution in [2.75, 3.05) is 62.4 Å². The molecular weight excluding hydrogens is 452 g/mol. The minimum absolute atomic E-state index is 0.283. The molecule has 0 aliphatic carbocycles. The Morgan fingerprint density at radius 1 is 0.706 bits per heavy atom. The molecule has 2 aliphatic heterocycles. The van der Waals surface area contributed by atoms with Gasteiger partial charge in [-0.15, -0.1) is 11.3 Å². The fourth-order valence-corrected chi connectivity index (χ4v) is 4.93. The smallest absolute Gasteiger partial charge is 0.328 e. The van der Waals surface area contributed by atoms with Crippen molar-refractivity contribution in [3.8, 4) is 22.3 Å². The Bertz CT molecular complexity index is 1200. The zero-order valence-corrected chi connectivity index (χ0v) is 19.4. The Labute approximate surface area is 201 Å². The zero-order valence-electron chi connectivity index (χ0n) is 18.6. The molecule has 2 aromatic carbocycles. The van der Waals surface area contributed by atoms with Crippen molar-refractivity contribution in [2.45, 2.75) is 0 Å². The van der Waals surface area contributed by atoms with Crippen LogP contribution in [0, 0.1) is 0 Å². The van der Waals surface area contributed by atoms with Gasteiger partial charge in [0.25, 0.3) is 0 Å². The second-order valence-electron chi connectivity index (χ2n) is 8.03. The molecule has 2 saturated heterocycles. The first-order valence-corrected chi connectivity index (χ1v) is 12.2. The van der Waals surface area contributed by atoms with Crippen molar-refractivity contribution < 1.29 is 14.2 Å². The van der Waals surface area contributed by atoms with Gasteiger partial charge in [-0.25, -0.2) is 4.98 Å². The van der Waals surface area contributed by atoms with Crippen LogP contribution in [0.5, 0.6) is 11.8 Å². The van der Waals surface area contributed by atoms with Crippen LogP contribution in [0.25, 0.3) is 20.8 Å². The van der Waals surface area contributed by atoms with Crippen LogP contribution in [0.2, 0.25) is 0 Å². The van der Waals surface area contributed by atoms with E-state index in [0.29, 0.717) is 44.1 Å². The van der Waals surface area contributed by atoms with E-state index < -0.39 is 0 Å². The SMILES string of the molecule is c1ccc2sc(-c3ccc(Oc4nc(N5CCOCC5)nc(N5CCOCC5)n4)cc3)nc2c1. The molecule has 6 rings (SSSR count). The van der Waals surface area contributed by atoms with Crippen LogP contribution in [0.1, 0.15) is 0 Å². The predicted octanol–water partition coefficient (Wildman–Crippen LogP) is 3.61. The topological polar surface area (TPSA) is 85.7 Å². The van der Waals surface area contributed by atoms with E-state index in [1.165, 1.54) is 4.70 Å². The summed E-state index contributed by atoms with van der Waals surface area (Å²) in [4.78, 5) is 22.9. The molecule has 0 bridgehead atoms. The molecule has 2 fully saturated rings. The Kier molecular flexibility index (Phi) is 5.92. The number of rotatable bonds is 5. The molecule has 0 unspecified atom stereocenters. The lowest BCUT2D eigenvalue weighted by Crippen LogP contribution is -2.40. The fraction of sp³-hybridized carbons (Fsp3) is 0.333. The number of para-hydroxylation sites is 1. The summed E-state index contributed by atoms with van der Waals surface area (Å²) in [6, 6.07) is 16.3. The van der Waals surface area contributed by atoms with Gasteiger partial charge in [0, 0.05) is 31.7 Å². The number of ether oxygens (including phenoxy) is 3. The standard InChI is InChI=1S/C24H24N6O3S/c1-2-4-20-19(3-1)25-21(34-20)17-5-7-18(8-6-17)33-24-27-22(29-9-13-31-14-10-29)26-23(28-24)30-11-15-32-16-12-30/h1-8H,9-16H2. The molecule has 9 nitrogen and oxygen atoms in total. The van der Waals surface area contributed by atoms with Gasteiger partial charge in [0.1, 0.15) is 10.8 Å². The molecule has 0 atom stereocenters. The average Bonchev–Trinajstić information content (AvgIpc) is 3.34. The Balaban J connectivity index is 1.26. The third kappa shape index (κ3) is 4.52. The maximum atomic E-state index is 6.10. The van der Waals surface area contributed by atoms with E-state index in [1.54, 1.807) is 11.3 Å². The molecule has 2 aliphatic rings. The van der Waals surface area contributed by atoms with Crippen LogP contribution in [0.3, 0.4) is 0 Å². The predicted molar refractivity (Wildman–Crippen MR) is 131 cm³/mol. The second kappa shape index (κ2) is 9.49. The van der Waals surface area contributed by atoms with Gasteiger partial charge in [-0.05, 0) is 36.4 Å². The summed E-state index contributed by atoms with van der Waals surface area (Å²) in [6.07, 6.45) is 0. The number of nitrogens with zero attached hydrogens (tertiary/aromatic N) is 6. The summed E-state index contributed by atoms with van der Waals surface area (Å²) in [5.41, 5.74) is 2.06. The fourth-order valence-electron chi connectivity index (χ4n) is 3.96. The molecule has 0 N–H and O–H groups in total. The van der Waals surface area contributed by atoms with Crippen LogP contribution >= 0.6 is 11.3 Å². The average molecular weight is 477 g/mol. The molecule has 0 saturated carbocycles. The van der Waals surface area contributed by atoms with Gasteiger partial charge in [-0.3, -0.25) is 0 Å². The lowest BCUT2D eigenvalue weighted by atomic mass is 10.2. The van der Waals surface area contributed by atoms with Gasteiger partial charge in [0.05, 0.1) is 36.6 Å². The molecule has 0 spiro atoms. The van der Waals surface area contributed by atoms with Crippen LogP contribution < -0.4 is 14.5 Å². The number of fused-ring (bicyclic) bond motifs is 1. The maximum Gasteiger partial charge on any atom is 0.328 e. The second-order valence-corrected chi connectivity index (χ2v) is 9.06. The van der Waals surface area contributed by atoms with Crippen molar-refractivity contribution in [1.82, 2.24) is 19.9 Å². The monoisotopic (exact) mass is 476 g/mol. The normalized spacial score (nSPS) is 16.7. The van der Waals surface area contributed by atoms with Gasteiger partial charge in [-0.1, -0.05) is 12.1 Å². The summed E-state index contributed by atoms with van der Waals surface area (Å²) >= 11 is 1.68. The summed E-state index contributed by atoms with van der Waals surface area (Å²) < 4.78 is 18.2. The summed E-state index contributed by atoms with van der Waals surface area (Å²) in [5, 5.41) is 0.983. The van der Waals surface area contributed by atoms with Gasteiger partial charge in [0.15, 0.2) is 0 Å². The van der Waals surface area contributed by atoms with Crippen molar-refractivity contribution in [2.24, 2.45) is 0 Å². The first-order valence-electron chi connectivity index (χ1n) is 11.4. The number of anilines is 2. The number of hydrogen-bond acceptors (Lipinski definition) is 10. The van der Waals surface area contributed by atoms with E-state index in [9.17, 15) is 0 Å². The van der Waals surface area contributed by atoms with Crippen molar-refractivity contribution >= 4 is 33.5 Å². The highest BCUT2D eigenvalue weighted by molar-refractivity contribution is 7.21. The van der Waals surface area contributed by atoms with Gasteiger partial charge >= 0.3 is 6.01 Å². The quantitative estimate of drug-likeness (QED) is 0.429. The van der Waals surface area contributed by atoms with Crippen LogP contribution in [0.4, 0.5) is 11.9 Å². The van der Waals surface area contributed by atoms with Crippen LogP contribution in [0.15, 0.2) is 48.5 Å². The highest BCUT2D eigenvalue weighted by Crippen LogP contribution is 2.32. The minimum Gasteiger partial charge on any atom is -0.424 e. The molecule has 0 radical (unpaired) electrons. The highest BCUT2D eigenvalue weighted by Gasteiger charge is 2.21. The Morgan fingerprint density at radius 3 is 1.94 bits per heavy atom. The summed E-state index contributed by atoms with van der Waals surface area (Å²) in [5.74, 6) is 1.89. The molecule has 10 heteroatoms. The highest BCUT2D eigenvalue weighted by atomic mass is 32.1. The van der Waals surface area contributed by atoms with E-state index in [2.05, 4.69) is 25.8 Å². The number of hydrogen-bond donors (Lipinski definition) is 0. The first-order chi connectivity index (χ1) is 16.8. The van der Waals surface area contributed by atoms with Crippen molar-refractivity contribution in [1.29, 1.82) is 0 Å². The first kappa shape index (κ1) is 21.2. The Morgan fingerprint density at radius 2 is 1.32 bits per heavy atom.